The molecule has 0 fully saturated rings. The number of aryl methyl sites for hydroxylation is 2. The van der Waals surface area contributed by atoms with E-state index in [1.165, 1.54) is 16.7 Å². The van der Waals surface area contributed by atoms with Crippen molar-refractivity contribution in [2.24, 2.45) is 7.05 Å². The van der Waals surface area contributed by atoms with E-state index < -0.39 is 0 Å². The van der Waals surface area contributed by atoms with Crippen LogP contribution in [0.1, 0.15) is 38.1 Å². The van der Waals surface area contributed by atoms with Crippen LogP contribution in [0.2, 0.25) is 0 Å². The minimum absolute atomic E-state index is 0.318. The second-order valence-electron chi connectivity index (χ2n) is 6.48. The zero-order chi connectivity index (χ0) is 19.6. The van der Waals surface area contributed by atoms with Gasteiger partial charge in [0.2, 0.25) is 0 Å². The summed E-state index contributed by atoms with van der Waals surface area (Å²) in [5.41, 5.74) is 0.826. The number of rotatable bonds is 6. The van der Waals surface area contributed by atoms with Crippen LogP contribution >= 0.6 is 0 Å². The van der Waals surface area contributed by atoms with E-state index in [0.717, 1.165) is 6.42 Å². The van der Waals surface area contributed by atoms with Gasteiger partial charge in [0.25, 0.3) is 5.56 Å². The summed E-state index contributed by atoms with van der Waals surface area (Å²) in [5.74, 6) is 0.214. The monoisotopic (exact) mass is 370 g/mol. The fourth-order valence-electron chi connectivity index (χ4n) is 3.16. The predicted molar refractivity (Wildman–Crippen MR) is 105 cm³/mol. The van der Waals surface area contributed by atoms with Gasteiger partial charge in [-0.1, -0.05) is 32.1 Å². The van der Waals surface area contributed by atoms with Gasteiger partial charge >= 0.3 is 5.69 Å². The lowest BCUT2D eigenvalue weighted by molar-refractivity contribution is 0.554. The van der Waals surface area contributed by atoms with Crippen molar-refractivity contribution in [3.63, 3.8) is 0 Å². The number of halogens is 1. The third-order valence-corrected chi connectivity index (χ3v) is 4.44. The second kappa shape index (κ2) is 7.73. The quantitative estimate of drug-likeness (QED) is 0.670. The van der Waals surface area contributed by atoms with E-state index in [1.54, 1.807) is 40.5 Å². The topological polar surface area (TPSA) is 61.8 Å². The maximum absolute atomic E-state index is 13.4. The number of fused-ring (bicyclic) bond motifs is 1. The number of imidazole rings is 1. The van der Waals surface area contributed by atoms with Gasteiger partial charge in [-0.25, -0.2) is 14.2 Å². The number of aromatic nitrogens is 4. The first kappa shape index (κ1) is 18.8. The van der Waals surface area contributed by atoms with Crippen LogP contribution in [0.25, 0.3) is 23.3 Å². The molecule has 3 aromatic rings. The van der Waals surface area contributed by atoms with Crippen LogP contribution in [0.4, 0.5) is 4.39 Å². The van der Waals surface area contributed by atoms with Crippen molar-refractivity contribution >= 4 is 23.3 Å². The molecule has 0 saturated carbocycles. The molecule has 2 heterocycles. The molecule has 0 amide bonds. The highest BCUT2D eigenvalue weighted by Crippen LogP contribution is 2.14. The average Bonchev–Trinajstić information content (AvgIpc) is 2.97. The van der Waals surface area contributed by atoms with E-state index in [2.05, 4.69) is 4.98 Å². The Morgan fingerprint density at radius 1 is 1.07 bits per heavy atom. The summed E-state index contributed by atoms with van der Waals surface area (Å²) in [6.45, 7) is 4.76. The van der Waals surface area contributed by atoms with E-state index in [4.69, 9.17) is 0 Å². The smallest absolute Gasteiger partial charge is 0.322 e. The molecule has 142 valence electrons. The molecule has 0 atom stereocenters. The van der Waals surface area contributed by atoms with Crippen LogP contribution in [0, 0.1) is 5.82 Å². The maximum atomic E-state index is 13.4. The van der Waals surface area contributed by atoms with Gasteiger partial charge in [0.1, 0.15) is 11.6 Å². The molecule has 0 aliphatic rings. The van der Waals surface area contributed by atoms with Crippen molar-refractivity contribution in [3.05, 3.63) is 62.3 Å². The van der Waals surface area contributed by atoms with Gasteiger partial charge in [0.15, 0.2) is 11.2 Å². The molecule has 27 heavy (non-hydrogen) atoms. The van der Waals surface area contributed by atoms with Crippen molar-refractivity contribution in [2.45, 2.75) is 39.8 Å². The molecule has 0 spiro atoms. The van der Waals surface area contributed by atoms with Gasteiger partial charge in [-0.2, -0.15) is 0 Å². The SMILES string of the molecule is CCCn1c(=O)c2c(nc(/C=C/c3cccc(F)c3)n2C)n(CCC)c1=O. The average molecular weight is 370 g/mol. The fraction of sp³-hybridized carbons (Fsp3) is 0.350. The summed E-state index contributed by atoms with van der Waals surface area (Å²) in [7, 11) is 1.75. The van der Waals surface area contributed by atoms with Crippen LogP contribution in [-0.4, -0.2) is 18.7 Å². The number of hydrogen-bond donors (Lipinski definition) is 0. The molecule has 0 aliphatic carbocycles. The number of hydrogen-bond acceptors (Lipinski definition) is 3. The Bertz CT molecular complexity index is 1120. The first-order chi connectivity index (χ1) is 13.0. The molecule has 0 aliphatic heterocycles. The van der Waals surface area contributed by atoms with E-state index in [-0.39, 0.29) is 17.1 Å². The van der Waals surface area contributed by atoms with Gasteiger partial charge < -0.3 is 4.57 Å². The molecule has 0 saturated heterocycles. The van der Waals surface area contributed by atoms with Gasteiger partial charge in [0, 0.05) is 20.1 Å². The largest absolute Gasteiger partial charge is 0.332 e. The van der Waals surface area contributed by atoms with Crippen LogP contribution in [-0.2, 0) is 20.1 Å². The Balaban J connectivity index is 2.21. The normalized spacial score (nSPS) is 11.7. The van der Waals surface area contributed by atoms with Crippen LogP contribution in [0.15, 0.2) is 33.9 Å². The lowest BCUT2D eigenvalue weighted by Crippen LogP contribution is -2.40. The van der Waals surface area contributed by atoms with E-state index in [1.807, 2.05) is 13.8 Å². The zero-order valence-electron chi connectivity index (χ0n) is 15.8. The molecule has 0 radical (unpaired) electrons. The van der Waals surface area contributed by atoms with Gasteiger partial charge in [0.05, 0.1) is 0 Å². The van der Waals surface area contributed by atoms with Crippen molar-refractivity contribution in [1.82, 2.24) is 18.7 Å². The molecule has 0 unspecified atom stereocenters. The fourth-order valence-corrected chi connectivity index (χ4v) is 3.16. The summed E-state index contributed by atoms with van der Waals surface area (Å²) >= 11 is 0. The summed E-state index contributed by atoms with van der Waals surface area (Å²) in [5, 5.41) is 0. The van der Waals surface area contributed by atoms with Crippen LogP contribution in [0.5, 0.6) is 0 Å². The first-order valence-electron chi connectivity index (χ1n) is 9.11. The number of benzene rings is 1. The summed E-state index contributed by atoms with van der Waals surface area (Å²) in [4.78, 5) is 30.1. The molecule has 0 bridgehead atoms. The molecule has 1 aromatic carbocycles. The van der Waals surface area contributed by atoms with E-state index in [0.29, 0.717) is 42.1 Å². The Morgan fingerprint density at radius 2 is 1.78 bits per heavy atom. The van der Waals surface area contributed by atoms with Crippen molar-refractivity contribution in [2.75, 3.05) is 0 Å². The molecule has 6 nitrogen and oxygen atoms in total. The standard InChI is InChI=1S/C20H23FN4O2/c1-4-11-24-18-17(19(26)25(12-5-2)20(24)27)23(3)16(22-18)10-9-14-7-6-8-15(21)13-14/h6-10,13H,4-5,11-12H2,1-3H3/b10-9+. The lowest BCUT2D eigenvalue weighted by atomic mass is 10.2. The number of nitrogens with zero attached hydrogens (tertiary/aromatic N) is 4. The molecule has 3 rings (SSSR count). The van der Waals surface area contributed by atoms with E-state index >= 15 is 0 Å². The Hall–Kier alpha value is -2.96. The third kappa shape index (κ3) is 3.49. The van der Waals surface area contributed by atoms with Gasteiger partial charge in [-0.15, -0.1) is 0 Å². The zero-order valence-corrected chi connectivity index (χ0v) is 15.8. The molecule has 2 aromatic heterocycles. The van der Waals surface area contributed by atoms with Gasteiger partial charge in [-0.3, -0.25) is 13.9 Å². The van der Waals surface area contributed by atoms with E-state index in [9.17, 15) is 14.0 Å². The summed E-state index contributed by atoms with van der Waals surface area (Å²) < 4.78 is 17.9. The Kier molecular flexibility index (Phi) is 5.39. The third-order valence-electron chi connectivity index (χ3n) is 4.44. The van der Waals surface area contributed by atoms with Crippen molar-refractivity contribution in [1.29, 1.82) is 0 Å². The maximum Gasteiger partial charge on any atom is 0.332 e. The highest BCUT2D eigenvalue weighted by atomic mass is 19.1. The molecular formula is C20H23FN4O2. The van der Waals surface area contributed by atoms with Crippen LogP contribution < -0.4 is 11.2 Å². The Morgan fingerprint density at radius 3 is 2.44 bits per heavy atom. The highest BCUT2D eigenvalue weighted by molar-refractivity contribution is 5.76. The Labute approximate surface area is 156 Å². The highest BCUT2D eigenvalue weighted by Gasteiger charge is 2.18. The minimum Gasteiger partial charge on any atom is -0.322 e. The van der Waals surface area contributed by atoms with Crippen molar-refractivity contribution in [3.8, 4) is 0 Å². The predicted octanol–water partition coefficient (Wildman–Crippen LogP) is 3.03. The van der Waals surface area contributed by atoms with Crippen LogP contribution in [0.3, 0.4) is 0 Å². The minimum atomic E-state index is -0.329. The lowest BCUT2D eigenvalue weighted by Gasteiger charge is -2.10. The summed E-state index contributed by atoms with van der Waals surface area (Å²) in [6, 6.07) is 6.21. The molecular weight excluding hydrogens is 347 g/mol. The van der Waals surface area contributed by atoms with Gasteiger partial charge in [-0.05, 0) is 36.6 Å². The molecule has 7 heteroatoms. The second-order valence-corrected chi connectivity index (χ2v) is 6.48. The van der Waals surface area contributed by atoms with Crippen molar-refractivity contribution < 1.29 is 4.39 Å². The summed E-state index contributed by atoms with van der Waals surface area (Å²) in [6.07, 6.45) is 4.90. The first-order valence-corrected chi connectivity index (χ1v) is 9.11. The molecule has 0 N–H and O–H groups in total.